The van der Waals surface area contributed by atoms with E-state index in [-0.39, 0.29) is 5.97 Å². The Hall–Kier alpha value is -2.10. The zero-order chi connectivity index (χ0) is 14.5. The van der Waals surface area contributed by atoms with E-state index in [2.05, 4.69) is 9.55 Å². The van der Waals surface area contributed by atoms with Crippen LogP contribution < -0.4 is 0 Å². The van der Waals surface area contributed by atoms with Gasteiger partial charge in [-0.05, 0) is 38.5 Å². The van der Waals surface area contributed by atoms with Gasteiger partial charge in [0.2, 0.25) is 0 Å². The Labute approximate surface area is 119 Å². The third-order valence-electron chi connectivity index (χ3n) is 3.28. The van der Waals surface area contributed by atoms with Gasteiger partial charge >= 0.3 is 5.97 Å². The Bertz CT molecular complexity index is 588. The standard InChI is InChI=1S/C16H20N2O2/c1-4-9-20-16(19)15-10-12(2)18(13(15)3)11-14-7-5-6-8-17-14/h5-8,10H,4,9,11H2,1-3H3. The third kappa shape index (κ3) is 3.07. The number of nitrogens with zero attached hydrogens (tertiary/aromatic N) is 2. The number of hydrogen-bond acceptors (Lipinski definition) is 3. The minimum Gasteiger partial charge on any atom is -0.462 e. The van der Waals surface area contributed by atoms with Crippen LogP contribution in [0.15, 0.2) is 30.5 Å². The molecule has 0 unspecified atom stereocenters. The summed E-state index contributed by atoms with van der Waals surface area (Å²) in [7, 11) is 0. The predicted molar refractivity (Wildman–Crippen MR) is 77.8 cm³/mol. The lowest BCUT2D eigenvalue weighted by Crippen LogP contribution is -2.09. The molecule has 0 aromatic carbocycles. The highest BCUT2D eigenvalue weighted by molar-refractivity contribution is 5.91. The van der Waals surface area contributed by atoms with Crippen LogP contribution in [0.3, 0.4) is 0 Å². The first-order chi connectivity index (χ1) is 9.63. The number of aryl methyl sites for hydroxylation is 1. The second-order valence-corrected chi connectivity index (χ2v) is 4.83. The minimum atomic E-state index is -0.243. The fourth-order valence-electron chi connectivity index (χ4n) is 2.18. The topological polar surface area (TPSA) is 44.1 Å². The van der Waals surface area contributed by atoms with Gasteiger partial charge in [0.25, 0.3) is 0 Å². The van der Waals surface area contributed by atoms with E-state index in [9.17, 15) is 4.79 Å². The average Bonchev–Trinajstić information content (AvgIpc) is 2.74. The van der Waals surface area contributed by atoms with Crippen LogP contribution >= 0.6 is 0 Å². The molecule has 0 aliphatic rings. The zero-order valence-corrected chi connectivity index (χ0v) is 12.2. The summed E-state index contributed by atoms with van der Waals surface area (Å²) < 4.78 is 7.30. The molecule has 0 atom stereocenters. The SMILES string of the molecule is CCCOC(=O)c1cc(C)n(Cc2ccccn2)c1C. The molecule has 0 fully saturated rings. The maximum atomic E-state index is 12.0. The van der Waals surface area contributed by atoms with Crippen LogP contribution in [0.5, 0.6) is 0 Å². The van der Waals surface area contributed by atoms with Crippen LogP contribution in [0.25, 0.3) is 0 Å². The first-order valence-electron chi connectivity index (χ1n) is 6.87. The van der Waals surface area contributed by atoms with Gasteiger partial charge < -0.3 is 9.30 Å². The summed E-state index contributed by atoms with van der Waals surface area (Å²) in [6.45, 7) is 7.05. The number of carbonyl (C=O) groups is 1. The molecule has 0 saturated heterocycles. The zero-order valence-electron chi connectivity index (χ0n) is 12.2. The molecular formula is C16H20N2O2. The molecule has 2 aromatic rings. The van der Waals surface area contributed by atoms with E-state index in [4.69, 9.17) is 4.74 Å². The van der Waals surface area contributed by atoms with Crippen LogP contribution in [0, 0.1) is 13.8 Å². The van der Waals surface area contributed by atoms with Crippen molar-refractivity contribution < 1.29 is 9.53 Å². The van der Waals surface area contributed by atoms with Gasteiger partial charge in [0.1, 0.15) is 0 Å². The number of esters is 1. The second-order valence-electron chi connectivity index (χ2n) is 4.83. The van der Waals surface area contributed by atoms with Gasteiger partial charge in [0.05, 0.1) is 24.4 Å². The van der Waals surface area contributed by atoms with Crippen molar-refractivity contribution >= 4 is 5.97 Å². The van der Waals surface area contributed by atoms with Crippen molar-refractivity contribution in [2.24, 2.45) is 0 Å². The molecule has 0 saturated carbocycles. The summed E-state index contributed by atoms with van der Waals surface area (Å²) in [5.74, 6) is -0.243. The smallest absolute Gasteiger partial charge is 0.339 e. The fourth-order valence-corrected chi connectivity index (χ4v) is 2.18. The van der Waals surface area contributed by atoms with E-state index < -0.39 is 0 Å². The van der Waals surface area contributed by atoms with Gasteiger partial charge in [0, 0.05) is 17.6 Å². The van der Waals surface area contributed by atoms with Crippen molar-refractivity contribution in [3.8, 4) is 0 Å². The average molecular weight is 272 g/mol. The van der Waals surface area contributed by atoms with Crippen molar-refractivity contribution in [1.82, 2.24) is 9.55 Å². The predicted octanol–water partition coefficient (Wildman–Crippen LogP) is 3.12. The minimum absolute atomic E-state index is 0.243. The molecule has 0 aliphatic heterocycles. The monoisotopic (exact) mass is 272 g/mol. The number of hydrogen-bond donors (Lipinski definition) is 0. The highest BCUT2D eigenvalue weighted by Gasteiger charge is 2.16. The van der Waals surface area contributed by atoms with E-state index in [1.165, 1.54) is 0 Å². The lowest BCUT2D eigenvalue weighted by atomic mass is 10.2. The molecule has 0 aliphatic carbocycles. The van der Waals surface area contributed by atoms with Crippen molar-refractivity contribution in [2.75, 3.05) is 6.61 Å². The summed E-state index contributed by atoms with van der Waals surface area (Å²) in [5.41, 5.74) is 3.58. The molecule has 0 amide bonds. The Balaban J connectivity index is 2.23. The lowest BCUT2D eigenvalue weighted by Gasteiger charge is -2.09. The largest absolute Gasteiger partial charge is 0.462 e. The molecule has 2 heterocycles. The fraction of sp³-hybridized carbons (Fsp3) is 0.375. The number of rotatable bonds is 5. The normalized spacial score (nSPS) is 10.6. The Morgan fingerprint density at radius 2 is 2.15 bits per heavy atom. The maximum Gasteiger partial charge on any atom is 0.339 e. The summed E-state index contributed by atoms with van der Waals surface area (Å²) in [6.07, 6.45) is 2.61. The Kier molecular flexibility index (Phi) is 4.56. The van der Waals surface area contributed by atoms with E-state index in [1.54, 1.807) is 6.20 Å². The summed E-state index contributed by atoms with van der Waals surface area (Å²) >= 11 is 0. The van der Waals surface area contributed by atoms with Crippen molar-refractivity contribution in [2.45, 2.75) is 33.7 Å². The van der Waals surface area contributed by atoms with Crippen LogP contribution in [0.4, 0.5) is 0 Å². The Morgan fingerprint density at radius 1 is 1.35 bits per heavy atom. The third-order valence-corrected chi connectivity index (χ3v) is 3.28. The lowest BCUT2D eigenvalue weighted by molar-refractivity contribution is 0.0504. The molecule has 0 N–H and O–H groups in total. The summed E-state index contributed by atoms with van der Waals surface area (Å²) in [4.78, 5) is 16.3. The van der Waals surface area contributed by atoms with Gasteiger partial charge in [-0.1, -0.05) is 13.0 Å². The first kappa shape index (κ1) is 14.3. The molecule has 20 heavy (non-hydrogen) atoms. The van der Waals surface area contributed by atoms with Gasteiger partial charge in [-0.3, -0.25) is 4.98 Å². The summed E-state index contributed by atoms with van der Waals surface area (Å²) in [6, 6.07) is 7.73. The van der Waals surface area contributed by atoms with E-state index in [1.807, 2.05) is 45.0 Å². The maximum absolute atomic E-state index is 12.0. The van der Waals surface area contributed by atoms with E-state index >= 15 is 0 Å². The van der Waals surface area contributed by atoms with Crippen LogP contribution in [0.1, 0.15) is 40.8 Å². The van der Waals surface area contributed by atoms with E-state index in [0.717, 1.165) is 23.5 Å². The molecule has 4 nitrogen and oxygen atoms in total. The van der Waals surface area contributed by atoms with Gasteiger partial charge in [-0.25, -0.2) is 4.79 Å². The summed E-state index contributed by atoms with van der Waals surface area (Å²) in [5, 5.41) is 0. The van der Waals surface area contributed by atoms with Crippen molar-refractivity contribution in [3.63, 3.8) is 0 Å². The Morgan fingerprint density at radius 3 is 2.80 bits per heavy atom. The molecule has 0 bridgehead atoms. The highest BCUT2D eigenvalue weighted by Crippen LogP contribution is 2.17. The van der Waals surface area contributed by atoms with Crippen LogP contribution in [-0.4, -0.2) is 22.1 Å². The number of carbonyl (C=O) groups excluding carboxylic acids is 1. The number of aromatic nitrogens is 2. The van der Waals surface area contributed by atoms with Gasteiger partial charge in [0.15, 0.2) is 0 Å². The number of pyridine rings is 1. The van der Waals surface area contributed by atoms with Gasteiger partial charge in [-0.2, -0.15) is 0 Å². The van der Waals surface area contributed by atoms with Crippen LogP contribution in [-0.2, 0) is 11.3 Å². The quantitative estimate of drug-likeness (QED) is 0.785. The molecule has 0 spiro atoms. The highest BCUT2D eigenvalue weighted by atomic mass is 16.5. The van der Waals surface area contributed by atoms with E-state index in [0.29, 0.717) is 18.7 Å². The number of ether oxygens (including phenoxy) is 1. The van der Waals surface area contributed by atoms with Crippen molar-refractivity contribution in [3.05, 3.63) is 53.1 Å². The molecule has 0 radical (unpaired) electrons. The molecule has 2 rings (SSSR count). The first-order valence-corrected chi connectivity index (χ1v) is 6.87. The van der Waals surface area contributed by atoms with Crippen molar-refractivity contribution in [1.29, 1.82) is 0 Å². The molecule has 106 valence electrons. The van der Waals surface area contributed by atoms with Crippen LogP contribution in [0.2, 0.25) is 0 Å². The molecule has 2 aromatic heterocycles. The van der Waals surface area contributed by atoms with Gasteiger partial charge in [-0.15, -0.1) is 0 Å². The second kappa shape index (κ2) is 6.37. The molecule has 4 heteroatoms. The molecular weight excluding hydrogens is 252 g/mol.